The van der Waals surface area contributed by atoms with Crippen molar-refractivity contribution in [1.29, 1.82) is 0 Å². The molecule has 42 heavy (non-hydrogen) atoms. The predicted molar refractivity (Wildman–Crippen MR) is 174 cm³/mol. The Hall–Kier alpha value is -1.48. The third-order valence-corrected chi connectivity index (χ3v) is 13.5. The monoisotopic (exact) mass is 642 g/mol. The first-order valence-electron chi connectivity index (χ1n) is 14.8. The van der Waals surface area contributed by atoms with Crippen molar-refractivity contribution in [2.24, 2.45) is 17.3 Å². The summed E-state index contributed by atoms with van der Waals surface area (Å²) >= 11 is 11.6. The first kappa shape index (κ1) is 38.5. The predicted octanol–water partition coefficient (Wildman–Crippen LogP) is 7.86. The molecule has 0 bridgehead atoms. The second-order valence-electron chi connectivity index (χ2n) is 13.4. The summed E-state index contributed by atoms with van der Waals surface area (Å²) < 4.78 is 24.9. The van der Waals surface area contributed by atoms with E-state index < -0.39 is 48.8 Å². The highest BCUT2D eigenvalue weighted by Gasteiger charge is 2.46. The van der Waals surface area contributed by atoms with E-state index in [1.807, 2.05) is 27.7 Å². The van der Waals surface area contributed by atoms with Crippen LogP contribution in [0.25, 0.3) is 0 Å². The van der Waals surface area contributed by atoms with E-state index in [0.29, 0.717) is 12.8 Å². The summed E-state index contributed by atoms with van der Waals surface area (Å²) in [7, 11) is -2.07. The van der Waals surface area contributed by atoms with E-state index >= 15 is 0 Å². The molecule has 6 nitrogen and oxygen atoms in total. The zero-order valence-corrected chi connectivity index (χ0v) is 29.9. The van der Waals surface area contributed by atoms with Crippen molar-refractivity contribution in [2.75, 3.05) is 0 Å². The Labute approximate surface area is 266 Å². The van der Waals surface area contributed by atoms with Crippen molar-refractivity contribution in [3.8, 4) is 23.7 Å². The van der Waals surface area contributed by atoms with Gasteiger partial charge < -0.3 is 18.6 Å². The Kier molecular flexibility index (Phi) is 15.2. The van der Waals surface area contributed by atoms with Gasteiger partial charge in [-0.2, -0.15) is 0 Å². The lowest BCUT2D eigenvalue weighted by Gasteiger charge is -2.46. The minimum absolute atomic E-state index is 0.0285. The Morgan fingerprint density at radius 3 is 2.24 bits per heavy atom. The summed E-state index contributed by atoms with van der Waals surface area (Å²) in [5.74, 6) is 10.7. The number of carbonyl (C=O) groups excluding carboxylic acids is 2. The quantitative estimate of drug-likeness (QED) is 0.0669. The van der Waals surface area contributed by atoms with Crippen molar-refractivity contribution in [3.63, 3.8) is 0 Å². The zero-order valence-electron chi connectivity index (χ0n) is 27.4. The first-order chi connectivity index (χ1) is 19.3. The van der Waals surface area contributed by atoms with Gasteiger partial charge in [-0.25, -0.2) is 4.79 Å². The van der Waals surface area contributed by atoms with Crippen molar-refractivity contribution in [1.82, 2.24) is 0 Å². The fraction of sp³-hybridized carbons (Fsp3) is 0.758. The van der Waals surface area contributed by atoms with Gasteiger partial charge >= 0.3 is 11.9 Å². The number of ether oxygens (including phenoxy) is 3. The summed E-state index contributed by atoms with van der Waals surface area (Å²) in [5.41, 5.74) is -0.855. The molecule has 9 heteroatoms. The average Bonchev–Trinajstić information content (AvgIpc) is 2.87. The molecule has 1 heterocycles. The fourth-order valence-electron chi connectivity index (χ4n) is 4.79. The Morgan fingerprint density at radius 1 is 1.12 bits per heavy atom. The molecule has 1 rings (SSSR count). The number of rotatable bonds is 13. The average molecular weight is 644 g/mol. The van der Waals surface area contributed by atoms with Gasteiger partial charge in [-0.15, -0.1) is 23.7 Å². The molecule has 1 saturated heterocycles. The van der Waals surface area contributed by atoms with Crippen LogP contribution in [0.3, 0.4) is 0 Å². The van der Waals surface area contributed by atoms with Crippen LogP contribution in [0.15, 0.2) is 12.7 Å². The minimum atomic E-state index is -2.07. The highest BCUT2D eigenvalue weighted by atomic mass is 35.5. The lowest BCUT2D eigenvalue weighted by atomic mass is 9.77. The maximum absolute atomic E-state index is 13.4. The van der Waals surface area contributed by atoms with Gasteiger partial charge in [-0.05, 0) is 44.8 Å². The standard InChI is InChI=1S/C33H52Cl2O6Si/c1-13-16-18-24-20-26(41-42(11,12)32(6,7)8)23(5)25(38-24)21-29(36)39-27(15-3)33(9,10)28(19-22(4)17-14-2)40-31(37)30(34)35/h15,22-28,30H,3,18-21H2,1-2,4-12H3/t22-,23-,24+,25-,26-,27+,28+/m0/s1. The van der Waals surface area contributed by atoms with E-state index in [-0.39, 0.29) is 35.5 Å². The Morgan fingerprint density at radius 2 is 1.74 bits per heavy atom. The summed E-state index contributed by atoms with van der Waals surface area (Å²) in [6.45, 7) is 26.3. The van der Waals surface area contributed by atoms with Crippen LogP contribution in [0.4, 0.5) is 0 Å². The van der Waals surface area contributed by atoms with Crippen LogP contribution in [-0.2, 0) is 28.2 Å². The van der Waals surface area contributed by atoms with Gasteiger partial charge in [0, 0.05) is 23.7 Å². The Balaban J connectivity index is 3.19. The molecular weight excluding hydrogens is 591 g/mol. The zero-order chi connectivity index (χ0) is 32.5. The lowest BCUT2D eigenvalue weighted by molar-refractivity contribution is -0.173. The molecule has 238 valence electrons. The second-order valence-corrected chi connectivity index (χ2v) is 19.2. The van der Waals surface area contributed by atoms with E-state index in [1.165, 1.54) is 0 Å². The molecule has 1 aliphatic rings. The van der Waals surface area contributed by atoms with Gasteiger partial charge in [0.15, 0.2) is 8.32 Å². The van der Waals surface area contributed by atoms with E-state index in [2.05, 4.69) is 71.0 Å². The summed E-state index contributed by atoms with van der Waals surface area (Å²) in [4.78, 5) is 24.5. The minimum Gasteiger partial charge on any atom is -0.460 e. The van der Waals surface area contributed by atoms with Crippen LogP contribution in [-0.4, -0.2) is 55.6 Å². The van der Waals surface area contributed by atoms with Gasteiger partial charge in [0.05, 0.1) is 24.7 Å². The van der Waals surface area contributed by atoms with Crippen molar-refractivity contribution in [2.45, 2.75) is 141 Å². The first-order valence-corrected chi connectivity index (χ1v) is 18.5. The maximum Gasteiger partial charge on any atom is 0.339 e. The van der Waals surface area contributed by atoms with Crippen LogP contribution in [0.2, 0.25) is 18.1 Å². The van der Waals surface area contributed by atoms with Crippen molar-refractivity contribution < 1.29 is 28.2 Å². The van der Waals surface area contributed by atoms with Gasteiger partial charge in [0.1, 0.15) is 12.2 Å². The van der Waals surface area contributed by atoms with Crippen LogP contribution < -0.4 is 0 Å². The van der Waals surface area contributed by atoms with E-state index in [1.54, 1.807) is 13.0 Å². The molecule has 0 saturated carbocycles. The third-order valence-electron chi connectivity index (χ3n) is 8.59. The van der Waals surface area contributed by atoms with Crippen LogP contribution >= 0.6 is 23.2 Å². The highest BCUT2D eigenvalue weighted by molar-refractivity contribution is 6.74. The molecule has 0 N–H and O–H groups in total. The smallest absolute Gasteiger partial charge is 0.339 e. The summed E-state index contributed by atoms with van der Waals surface area (Å²) in [6.07, 6.45) is 1.23. The number of alkyl halides is 2. The number of halogens is 2. The van der Waals surface area contributed by atoms with E-state index in [0.717, 1.165) is 6.42 Å². The summed E-state index contributed by atoms with van der Waals surface area (Å²) in [6, 6.07) is 0. The molecule has 0 spiro atoms. The highest BCUT2D eigenvalue weighted by Crippen LogP contribution is 2.41. The topological polar surface area (TPSA) is 71.1 Å². The van der Waals surface area contributed by atoms with Crippen LogP contribution in [0.5, 0.6) is 0 Å². The lowest BCUT2D eigenvalue weighted by Crippen LogP contribution is -2.52. The number of hydrogen-bond acceptors (Lipinski definition) is 6. The number of hydrogen-bond donors (Lipinski definition) is 0. The molecular formula is C33H52Cl2O6Si. The molecule has 0 amide bonds. The molecule has 7 atom stereocenters. The number of carbonyl (C=O) groups is 2. The van der Waals surface area contributed by atoms with Gasteiger partial charge in [0.2, 0.25) is 4.84 Å². The fourth-order valence-corrected chi connectivity index (χ4v) is 6.32. The normalized spacial score (nSPS) is 23.4. The van der Waals surface area contributed by atoms with Crippen LogP contribution in [0.1, 0.15) is 88.0 Å². The van der Waals surface area contributed by atoms with Crippen LogP contribution in [0, 0.1) is 40.9 Å². The molecule has 1 aliphatic heterocycles. The third kappa shape index (κ3) is 11.2. The molecule has 1 fully saturated rings. The van der Waals surface area contributed by atoms with E-state index in [9.17, 15) is 9.59 Å². The van der Waals surface area contributed by atoms with Crippen molar-refractivity contribution in [3.05, 3.63) is 12.7 Å². The van der Waals surface area contributed by atoms with Crippen molar-refractivity contribution >= 4 is 43.5 Å². The second kappa shape index (κ2) is 16.6. The summed E-state index contributed by atoms with van der Waals surface area (Å²) in [5, 5.41) is 0.0497. The Bertz CT molecular complexity index is 1040. The number of esters is 2. The molecule has 0 aromatic rings. The molecule has 0 unspecified atom stereocenters. The van der Waals surface area contributed by atoms with Gasteiger partial charge in [-0.1, -0.05) is 84.3 Å². The molecule has 0 radical (unpaired) electrons. The maximum atomic E-state index is 13.4. The molecule has 0 aromatic heterocycles. The largest absolute Gasteiger partial charge is 0.460 e. The van der Waals surface area contributed by atoms with Gasteiger partial charge in [0.25, 0.3) is 0 Å². The van der Waals surface area contributed by atoms with Gasteiger partial charge in [-0.3, -0.25) is 4.79 Å². The molecule has 0 aliphatic carbocycles. The van der Waals surface area contributed by atoms with E-state index in [4.69, 9.17) is 41.8 Å². The molecule has 0 aromatic carbocycles. The SMILES string of the molecule is C=C[C@@H](OC(=O)C[C@@H]1O[C@H](CC#CC)C[C@H](O[Si](C)(C)C(C)(C)C)[C@H]1C)C(C)(C)[C@@H](C[C@@H](C)C#CC)OC(=O)C(Cl)Cl.